The molecule has 0 aliphatic heterocycles. The maximum Gasteiger partial charge on any atom is 0.160 e. The van der Waals surface area contributed by atoms with Crippen LogP contribution in [0.1, 0.15) is 11.4 Å². The van der Waals surface area contributed by atoms with Crippen molar-refractivity contribution in [3.05, 3.63) is 77.4 Å². The van der Waals surface area contributed by atoms with E-state index in [0.29, 0.717) is 36.1 Å². The van der Waals surface area contributed by atoms with E-state index in [1.54, 1.807) is 25.1 Å². The van der Waals surface area contributed by atoms with Gasteiger partial charge in [0, 0.05) is 24.4 Å². The zero-order chi connectivity index (χ0) is 18.5. The molecule has 0 saturated heterocycles. The summed E-state index contributed by atoms with van der Waals surface area (Å²) in [6, 6.07) is 11.5. The highest BCUT2D eigenvalue weighted by Crippen LogP contribution is 2.19. The van der Waals surface area contributed by atoms with Crippen LogP contribution in [0, 0.1) is 24.4 Å². The molecule has 134 valence electrons. The molecule has 2 N–H and O–H groups in total. The van der Waals surface area contributed by atoms with Gasteiger partial charge < -0.3 is 10.6 Å². The van der Waals surface area contributed by atoms with Gasteiger partial charge in [0.1, 0.15) is 23.3 Å². The first-order chi connectivity index (χ1) is 12.5. The summed E-state index contributed by atoms with van der Waals surface area (Å²) in [5.74, 6) is -0.503. The molecule has 0 amide bonds. The van der Waals surface area contributed by atoms with Gasteiger partial charge in [0.15, 0.2) is 11.6 Å². The fourth-order valence-electron chi connectivity index (χ4n) is 2.43. The minimum atomic E-state index is -0.932. The first-order valence-corrected chi connectivity index (χ1v) is 8.06. The molecule has 0 spiro atoms. The number of hydrogen-bond donors (Lipinski definition) is 2. The zero-order valence-corrected chi connectivity index (χ0v) is 14.1. The van der Waals surface area contributed by atoms with Crippen molar-refractivity contribution in [2.24, 2.45) is 0 Å². The van der Waals surface area contributed by atoms with Crippen molar-refractivity contribution in [1.29, 1.82) is 0 Å². The molecule has 7 heteroatoms. The smallest absolute Gasteiger partial charge is 0.160 e. The van der Waals surface area contributed by atoms with Crippen LogP contribution in [0.4, 0.5) is 30.5 Å². The Bertz CT molecular complexity index is 898. The van der Waals surface area contributed by atoms with Crippen molar-refractivity contribution in [2.45, 2.75) is 13.3 Å². The SMILES string of the molecule is Cc1nc(NCCc2ccc(F)cc2)cc(Nc2ccc(F)c(F)c2)n1. The summed E-state index contributed by atoms with van der Waals surface area (Å²) >= 11 is 0. The van der Waals surface area contributed by atoms with E-state index < -0.39 is 11.6 Å². The number of aryl methyl sites for hydroxylation is 1. The van der Waals surface area contributed by atoms with Crippen molar-refractivity contribution in [3.63, 3.8) is 0 Å². The Kier molecular flexibility index (Phi) is 5.36. The van der Waals surface area contributed by atoms with Crippen LogP contribution in [0.2, 0.25) is 0 Å². The lowest BCUT2D eigenvalue weighted by Gasteiger charge is -2.10. The molecular formula is C19H17F3N4. The molecule has 26 heavy (non-hydrogen) atoms. The predicted molar refractivity (Wildman–Crippen MR) is 95.0 cm³/mol. The van der Waals surface area contributed by atoms with E-state index in [4.69, 9.17) is 0 Å². The topological polar surface area (TPSA) is 49.8 Å². The molecular weight excluding hydrogens is 341 g/mol. The Morgan fingerprint density at radius 2 is 1.58 bits per heavy atom. The maximum absolute atomic E-state index is 13.3. The van der Waals surface area contributed by atoms with Gasteiger partial charge in [-0.3, -0.25) is 0 Å². The van der Waals surface area contributed by atoms with E-state index in [0.717, 1.165) is 17.7 Å². The van der Waals surface area contributed by atoms with Crippen LogP contribution < -0.4 is 10.6 Å². The molecule has 0 bridgehead atoms. The summed E-state index contributed by atoms with van der Waals surface area (Å²) in [4.78, 5) is 8.53. The van der Waals surface area contributed by atoms with Crippen LogP contribution in [0.3, 0.4) is 0 Å². The van der Waals surface area contributed by atoms with Gasteiger partial charge in [-0.05, 0) is 43.2 Å². The van der Waals surface area contributed by atoms with Crippen LogP contribution >= 0.6 is 0 Å². The molecule has 0 aliphatic rings. The number of nitrogens with zero attached hydrogens (tertiary/aromatic N) is 2. The van der Waals surface area contributed by atoms with Crippen LogP contribution in [-0.2, 0) is 6.42 Å². The molecule has 3 aromatic rings. The van der Waals surface area contributed by atoms with E-state index in [1.807, 2.05) is 0 Å². The highest BCUT2D eigenvalue weighted by Gasteiger charge is 2.06. The van der Waals surface area contributed by atoms with Crippen molar-refractivity contribution >= 4 is 17.3 Å². The summed E-state index contributed by atoms with van der Waals surface area (Å²) in [6.45, 7) is 2.34. The number of nitrogens with one attached hydrogen (secondary N) is 2. The van der Waals surface area contributed by atoms with Crippen molar-refractivity contribution in [2.75, 3.05) is 17.2 Å². The van der Waals surface area contributed by atoms with Gasteiger partial charge in [0.2, 0.25) is 0 Å². The second-order valence-electron chi connectivity index (χ2n) is 5.74. The van der Waals surface area contributed by atoms with Gasteiger partial charge in [0.25, 0.3) is 0 Å². The van der Waals surface area contributed by atoms with E-state index in [-0.39, 0.29) is 5.82 Å². The summed E-state index contributed by atoms with van der Waals surface area (Å²) in [5, 5.41) is 6.10. The number of aromatic nitrogens is 2. The van der Waals surface area contributed by atoms with E-state index >= 15 is 0 Å². The quantitative estimate of drug-likeness (QED) is 0.676. The molecule has 4 nitrogen and oxygen atoms in total. The van der Waals surface area contributed by atoms with Gasteiger partial charge >= 0.3 is 0 Å². The maximum atomic E-state index is 13.3. The molecule has 1 aromatic heterocycles. The average molecular weight is 358 g/mol. The Balaban J connectivity index is 1.65. The third-order valence-electron chi connectivity index (χ3n) is 3.66. The predicted octanol–water partition coefficient (Wildman–Crippen LogP) is 4.60. The van der Waals surface area contributed by atoms with Crippen LogP contribution in [-0.4, -0.2) is 16.5 Å². The van der Waals surface area contributed by atoms with Gasteiger partial charge in [-0.25, -0.2) is 23.1 Å². The lowest BCUT2D eigenvalue weighted by atomic mass is 10.1. The monoisotopic (exact) mass is 358 g/mol. The number of benzene rings is 2. The average Bonchev–Trinajstić information content (AvgIpc) is 2.59. The first-order valence-electron chi connectivity index (χ1n) is 8.06. The molecule has 0 saturated carbocycles. The molecule has 0 fully saturated rings. The molecule has 0 radical (unpaired) electrons. The van der Waals surface area contributed by atoms with E-state index in [1.165, 1.54) is 18.2 Å². The van der Waals surface area contributed by atoms with Gasteiger partial charge in [-0.15, -0.1) is 0 Å². The van der Waals surface area contributed by atoms with Gasteiger partial charge in [-0.2, -0.15) is 0 Å². The molecule has 3 rings (SSSR count). The normalized spacial score (nSPS) is 10.6. The fraction of sp³-hybridized carbons (Fsp3) is 0.158. The fourth-order valence-corrected chi connectivity index (χ4v) is 2.43. The lowest BCUT2D eigenvalue weighted by Crippen LogP contribution is -2.08. The Hall–Kier alpha value is -3.09. The molecule has 0 atom stereocenters. The summed E-state index contributed by atoms with van der Waals surface area (Å²) < 4.78 is 39.2. The van der Waals surface area contributed by atoms with Crippen LogP contribution in [0.5, 0.6) is 0 Å². The minimum Gasteiger partial charge on any atom is -0.370 e. The largest absolute Gasteiger partial charge is 0.370 e. The highest BCUT2D eigenvalue weighted by atomic mass is 19.2. The van der Waals surface area contributed by atoms with E-state index in [2.05, 4.69) is 20.6 Å². The second kappa shape index (κ2) is 7.86. The molecule has 2 aromatic carbocycles. The van der Waals surface area contributed by atoms with Crippen LogP contribution in [0.15, 0.2) is 48.5 Å². The second-order valence-corrected chi connectivity index (χ2v) is 5.74. The van der Waals surface area contributed by atoms with E-state index in [9.17, 15) is 13.2 Å². The Morgan fingerprint density at radius 1 is 0.846 bits per heavy atom. The molecule has 0 aliphatic carbocycles. The first kappa shape index (κ1) is 17.7. The number of hydrogen-bond acceptors (Lipinski definition) is 4. The van der Waals surface area contributed by atoms with Crippen LogP contribution in [0.25, 0.3) is 0 Å². The zero-order valence-electron chi connectivity index (χ0n) is 14.1. The van der Waals surface area contributed by atoms with Crippen molar-refractivity contribution in [1.82, 2.24) is 9.97 Å². The molecule has 1 heterocycles. The van der Waals surface area contributed by atoms with Crippen molar-refractivity contribution in [3.8, 4) is 0 Å². The third-order valence-corrected chi connectivity index (χ3v) is 3.66. The summed E-state index contributed by atoms with van der Waals surface area (Å²) in [6.07, 6.45) is 0.704. The summed E-state index contributed by atoms with van der Waals surface area (Å²) in [5.41, 5.74) is 1.39. The number of halogens is 3. The standard InChI is InChI=1S/C19H17F3N4/c1-12-24-18(23-9-8-13-2-4-14(20)5-3-13)11-19(25-12)26-15-6-7-16(21)17(22)10-15/h2-7,10-11H,8-9H2,1H3,(H2,23,24,25,26). The lowest BCUT2D eigenvalue weighted by molar-refractivity contribution is 0.509. The van der Waals surface area contributed by atoms with Gasteiger partial charge in [0.05, 0.1) is 0 Å². The highest BCUT2D eigenvalue weighted by molar-refractivity contribution is 5.59. The number of rotatable bonds is 6. The third kappa shape index (κ3) is 4.72. The minimum absolute atomic E-state index is 0.263. The Labute approximate surface area is 149 Å². The van der Waals surface area contributed by atoms with Crippen molar-refractivity contribution < 1.29 is 13.2 Å². The molecule has 0 unspecified atom stereocenters. The van der Waals surface area contributed by atoms with Gasteiger partial charge in [-0.1, -0.05) is 12.1 Å². The Morgan fingerprint density at radius 3 is 2.31 bits per heavy atom. The number of anilines is 3. The summed E-state index contributed by atoms with van der Waals surface area (Å²) in [7, 11) is 0.